The summed E-state index contributed by atoms with van der Waals surface area (Å²) < 4.78 is 0. The summed E-state index contributed by atoms with van der Waals surface area (Å²) in [5.74, 6) is -0.947. The van der Waals surface area contributed by atoms with Gasteiger partial charge < -0.3 is 5.11 Å². The number of benzene rings is 1. The zero-order valence-corrected chi connectivity index (χ0v) is 11.6. The van der Waals surface area contributed by atoms with Gasteiger partial charge in [-0.15, -0.1) is 0 Å². The fraction of sp³-hybridized carbons (Fsp3) is 0.375. The topological polar surface area (TPSA) is 57.6 Å². The van der Waals surface area contributed by atoms with E-state index in [9.17, 15) is 14.7 Å². The zero-order valence-electron chi connectivity index (χ0n) is 11.6. The van der Waals surface area contributed by atoms with Crippen LogP contribution < -0.4 is 4.90 Å². The number of aryl methyl sites for hydroxylation is 1. The van der Waals surface area contributed by atoms with Crippen LogP contribution in [0.1, 0.15) is 25.3 Å². The standard InChI is InChI=1S/C16H17NO3/c1-9-3-5-11-12(7-9)16(20)17(15(11)19)13-8-10(2)4-6-14(13)18/h3-4,6,8,11-12,18H,5,7H2,1-2H3/t11-,12+/m0/s1. The van der Waals surface area contributed by atoms with Crippen LogP contribution in [0.4, 0.5) is 5.69 Å². The smallest absolute Gasteiger partial charge is 0.238 e. The lowest BCUT2D eigenvalue weighted by molar-refractivity contribution is -0.122. The van der Waals surface area contributed by atoms with E-state index < -0.39 is 0 Å². The molecule has 2 aliphatic rings. The van der Waals surface area contributed by atoms with Crippen LogP contribution >= 0.6 is 0 Å². The van der Waals surface area contributed by atoms with Crippen molar-refractivity contribution in [1.82, 2.24) is 0 Å². The van der Waals surface area contributed by atoms with Crippen molar-refractivity contribution in [2.75, 3.05) is 4.90 Å². The zero-order chi connectivity index (χ0) is 14.4. The molecule has 20 heavy (non-hydrogen) atoms. The Morgan fingerprint density at radius 1 is 1.15 bits per heavy atom. The fourth-order valence-electron chi connectivity index (χ4n) is 3.09. The van der Waals surface area contributed by atoms with Gasteiger partial charge in [-0.25, -0.2) is 4.90 Å². The second-order valence-electron chi connectivity index (χ2n) is 5.71. The van der Waals surface area contributed by atoms with Crippen molar-refractivity contribution in [2.45, 2.75) is 26.7 Å². The highest BCUT2D eigenvalue weighted by Crippen LogP contribution is 2.42. The Bertz CT molecular complexity index is 633. The quantitative estimate of drug-likeness (QED) is 0.631. The lowest BCUT2D eigenvalue weighted by Gasteiger charge is -2.18. The van der Waals surface area contributed by atoms with Crippen LogP contribution in [0.5, 0.6) is 5.75 Å². The molecule has 0 bridgehead atoms. The number of hydrogen-bond acceptors (Lipinski definition) is 3. The third kappa shape index (κ3) is 1.83. The highest BCUT2D eigenvalue weighted by Gasteiger charge is 2.49. The molecule has 0 aromatic heterocycles. The monoisotopic (exact) mass is 271 g/mol. The molecule has 1 N–H and O–H groups in total. The van der Waals surface area contributed by atoms with Crippen LogP contribution in [0.15, 0.2) is 29.8 Å². The number of allylic oxidation sites excluding steroid dienone is 2. The molecule has 0 unspecified atom stereocenters. The minimum Gasteiger partial charge on any atom is -0.506 e. The molecule has 1 aromatic carbocycles. The lowest BCUT2D eigenvalue weighted by Crippen LogP contribution is -2.31. The van der Waals surface area contributed by atoms with Crippen molar-refractivity contribution < 1.29 is 14.7 Å². The van der Waals surface area contributed by atoms with E-state index in [4.69, 9.17) is 0 Å². The molecule has 2 atom stereocenters. The van der Waals surface area contributed by atoms with Crippen molar-refractivity contribution in [1.29, 1.82) is 0 Å². The number of phenolic OH excluding ortho intramolecular Hbond substituents is 1. The average molecular weight is 271 g/mol. The molecule has 0 spiro atoms. The summed E-state index contributed by atoms with van der Waals surface area (Å²) in [6.45, 7) is 3.85. The number of imide groups is 1. The van der Waals surface area contributed by atoms with Crippen molar-refractivity contribution in [3.63, 3.8) is 0 Å². The highest BCUT2D eigenvalue weighted by atomic mass is 16.3. The van der Waals surface area contributed by atoms with Crippen molar-refractivity contribution in [3.8, 4) is 5.75 Å². The van der Waals surface area contributed by atoms with E-state index in [-0.39, 0.29) is 29.4 Å². The molecule has 4 nitrogen and oxygen atoms in total. The first-order chi connectivity index (χ1) is 9.49. The van der Waals surface area contributed by atoms with Crippen LogP contribution in [0.25, 0.3) is 0 Å². The Balaban J connectivity index is 2.02. The number of hydrogen-bond donors (Lipinski definition) is 1. The van der Waals surface area contributed by atoms with Gasteiger partial charge in [0.1, 0.15) is 5.75 Å². The van der Waals surface area contributed by atoms with E-state index in [0.29, 0.717) is 18.5 Å². The van der Waals surface area contributed by atoms with Crippen molar-refractivity contribution in [2.24, 2.45) is 11.8 Å². The van der Waals surface area contributed by atoms with E-state index in [2.05, 4.69) is 0 Å². The first-order valence-corrected chi connectivity index (χ1v) is 6.82. The number of fused-ring (bicyclic) bond motifs is 1. The first kappa shape index (κ1) is 12.9. The SMILES string of the molecule is CC1=CC[C@@H]2C(=O)N(c3cc(C)ccc3O)C(=O)[C@@H]2C1. The van der Waals surface area contributed by atoms with Gasteiger partial charge in [0.2, 0.25) is 11.8 Å². The fourth-order valence-corrected chi connectivity index (χ4v) is 3.09. The minimum absolute atomic E-state index is 0.0272. The van der Waals surface area contributed by atoms with Gasteiger partial charge in [-0.1, -0.05) is 17.7 Å². The second kappa shape index (κ2) is 4.47. The summed E-state index contributed by atoms with van der Waals surface area (Å²) in [7, 11) is 0. The van der Waals surface area contributed by atoms with Gasteiger partial charge in [-0.2, -0.15) is 0 Å². The number of anilines is 1. The maximum absolute atomic E-state index is 12.5. The Labute approximate surface area is 117 Å². The molecule has 2 amide bonds. The molecule has 1 saturated heterocycles. The molecule has 4 heteroatoms. The summed E-state index contributed by atoms with van der Waals surface area (Å²) >= 11 is 0. The van der Waals surface area contributed by atoms with Crippen LogP contribution in [0.2, 0.25) is 0 Å². The summed E-state index contributed by atoms with van der Waals surface area (Å²) in [6.07, 6.45) is 3.29. The van der Waals surface area contributed by atoms with E-state index in [1.807, 2.05) is 19.9 Å². The molecule has 1 fully saturated rings. The third-order valence-electron chi connectivity index (χ3n) is 4.19. The van der Waals surface area contributed by atoms with Crippen LogP contribution in [-0.2, 0) is 9.59 Å². The van der Waals surface area contributed by atoms with Crippen LogP contribution in [-0.4, -0.2) is 16.9 Å². The predicted octanol–water partition coefficient (Wildman–Crippen LogP) is 2.55. The molecule has 104 valence electrons. The number of carbonyl (C=O) groups is 2. The first-order valence-electron chi connectivity index (χ1n) is 6.82. The largest absolute Gasteiger partial charge is 0.506 e. The molecule has 1 heterocycles. The second-order valence-corrected chi connectivity index (χ2v) is 5.71. The van der Waals surface area contributed by atoms with E-state index in [0.717, 1.165) is 11.1 Å². The summed E-state index contributed by atoms with van der Waals surface area (Å²) in [5.41, 5.74) is 2.37. The number of amides is 2. The van der Waals surface area contributed by atoms with Crippen LogP contribution in [0.3, 0.4) is 0 Å². The van der Waals surface area contributed by atoms with Gasteiger partial charge in [0.05, 0.1) is 17.5 Å². The summed E-state index contributed by atoms with van der Waals surface area (Å²) in [5, 5.41) is 9.96. The number of phenols is 1. The van der Waals surface area contributed by atoms with Gasteiger partial charge in [0.25, 0.3) is 0 Å². The molecule has 0 saturated carbocycles. The number of rotatable bonds is 1. The summed E-state index contributed by atoms with van der Waals surface area (Å²) in [4.78, 5) is 26.2. The Morgan fingerprint density at radius 2 is 1.85 bits per heavy atom. The summed E-state index contributed by atoms with van der Waals surface area (Å²) in [6, 6.07) is 4.96. The van der Waals surface area contributed by atoms with E-state index in [1.165, 1.54) is 11.0 Å². The molecule has 1 aliphatic carbocycles. The van der Waals surface area contributed by atoms with Gasteiger partial charge in [-0.05, 0) is 44.4 Å². The average Bonchev–Trinajstić information content (AvgIpc) is 2.65. The number of carbonyl (C=O) groups excluding carboxylic acids is 2. The van der Waals surface area contributed by atoms with E-state index >= 15 is 0 Å². The molecular formula is C16H17NO3. The number of aromatic hydroxyl groups is 1. The molecule has 1 aromatic rings. The Hall–Kier alpha value is -2.10. The van der Waals surface area contributed by atoms with Crippen LogP contribution in [0, 0.1) is 18.8 Å². The Kier molecular flexibility index (Phi) is 2.89. The maximum Gasteiger partial charge on any atom is 0.238 e. The predicted molar refractivity (Wildman–Crippen MR) is 75.3 cm³/mol. The van der Waals surface area contributed by atoms with Crippen molar-refractivity contribution in [3.05, 3.63) is 35.4 Å². The van der Waals surface area contributed by atoms with Gasteiger partial charge in [0.15, 0.2) is 0 Å². The highest BCUT2D eigenvalue weighted by molar-refractivity contribution is 6.22. The molecule has 0 radical (unpaired) electrons. The van der Waals surface area contributed by atoms with Gasteiger partial charge in [0, 0.05) is 0 Å². The van der Waals surface area contributed by atoms with Gasteiger partial charge >= 0.3 is 0 Å². The minimum atomic E-state index is -0.272. The number of nitrogens with zero attached hydrogens (tertiary/aromatic N) is 1. The molecular weight excluding hydrogens is 254 g/mol. The van der Waals surface area contributed by atoms with Crippen molar-refractivity contribution >= 4 is 17.5 Å². The van der Waals surface area contributed by atoms with E-state index in [1.54, 1.807) is 12.1 Å². The normalized spacial score (nSPS) is 25.7. The molecule has 3 rings (SSSR count). The molecule has 1 aliphatic heterocycles. The van der Waals surface area contributed by atoms with Gasteiger partial charge in [-0.3, -0.25) is 9.59 Å². The lowest BCUT2D eigenvalue weighted by atomic mass is 9.82. The Morgan fingerprint density at radius 3 is 2.60 bits per heavy atom. The maximum atomic E-state index is 12.5. The third-order valence-corrected chi connectivity index (χ3v) is 4.19.